The van der Waals surface area contributed by atoms with Crippen LogP contribution in [0.15, 0.2) is 85.3 Å². The maximum Gasteiger partial charge on any atom is 0.234 e. The van der Waals surface area contributed by atoms with Crippen molar-refractivity contribution in [1.29, 1.82) is 5.26 Å². The van der Waals surface area contributed by atoms with Gasteiger partial charge in [0.1, 0.15) is 23.2 Å². The number of nitrogens with two attached hydrogens (primary N) is 1. The molecule has 0 aliphatic carbocycles. The Morgan fingerprint density at radius 1 is 0.889 bits per heavy atom. The molecule has 0 atom stereocenters. The highest BCUT2D eigenvalue weighted by atomic mass is 15.2. The number of nitrogen functional groups attached to an aromatic ring is 1. The molecule has 0 spiro atoms. The predicted molar refractivity (Wildman–Crippen MR) is 173 cm³/mol. The van der Waals surface area contributed by atoms with E-state index in [9.17, 15) is 0 Å². The zero-order chi connectivity index (χ0) is 30.8. The van der Waals surface area contributed by atoms with Gasteiger partial charge in [0.05, 0.1) is 17.0 Å². The summed E-state index contributed by atoms with van der Waals surface area (Å²) in [5, 5.41) is 12.5. The van der Waals surface area contributed by atoms with E-state index in [2.05, 4.69) is 54.4 Å². The Balaban J connectivity index is 1.13. The largest absolute Gasteiger partial charge is 0.383 e. The number of nitrogens with zero attached hydrogens (tertiary/aromatic N) is 9. The molecule has 0 amide bonds. The lowest BCUT2D eigenvalue weighted by molar-refractivity contribution is 0.211. The number of rotatable bonds is 7. The lowest BCUT2D eigenvalue weighted by Gasteiger charge is -2.32. The Labute approximate surface area is 260 Å². The van der Waals surface area contributed by atoms with Crippen LogP contribution in [0, 0.1) is 18.3 Å². The molecule has 5 aromatic heterocycles. The molecule has 7 rings (SSSR count). The summed E-state index contributed by atoms with van der Waals surface area (Å²) in [6.07, 6.45) is 7.13. The van der Waals surface area contributed by atoms with Crippen LogP contribution in [0.25, 0.3) is 39.6 Å². The summed E-state index contributed by atoms with van der Waals surface area (Å²) in [5.74, 6) is 1.98. The van der Waals surface area contributed by atoms with Gasteiger partial charge in [-0.05, 0) is 79.4 Å². The van der Waals surface area contributed by atoms with Crippen molar-refractivity contribution in [1.82, 2.24) is 39.4 Å². The second kappa shape index (κ2) is 12.1. The number of hydrogen-bond donors (Lipinski definition) is 2. The van der Waals surface area contributed by atoms with Gasteiger partial charge in [-0.2, -0.15) is 5.26 Å². The second-order valence-corrected chi connectivity index (χ2v) is 11.2. The maximum atomic E-state index is 9.07. The molecule has 3 N–H and O–H groups in total. The summed E-state index contributed by atoms with van der Waals surface area (Å²) in [5.41, 5.74) is 13.4. The average Bonchev–Trinajstić information content (AvgIpc) is 3.45. The molecular weight excluding hydrogens is 562 g/mol. The van der Waals surface area contributed by atoms with Crippen molar-refractivity contribution in [2.45, 2.75) is 32.4 Å². The van der Waals surface area contributed by atoms with Crippen LogP contribution in [0.1, 0.15) is 29.8 Å². The summed E-state index contributed by atoms with van der Waals surface area (Å²) < 4.78 is 2.05. The minimum absolute atomic E-state index is 0.181. The Bertz CT molecular complexity index is 2000. The third kappa shape index (κ3) is 5.91. The third-order valence-corrected chi connectivity index (χ3v) is 8.05. The first-order chi connectivity index (χ1) is 22.0. The van der Waals surface area contributed by atoms with Gasteiger partial charge in [0.15, 0.2) is 11.5 Å². The molecule has 0 bridgehead atoms. The molecule has 11 nitrogen and oxygen atoms in total. The van der Waals surface area contributed by atoms with Gasteiger partial charge in [-0.3, -0.25) is 14.5 Å². The predicted octanol–water partition coefficient (Wildman–Crippen LogP) is 5.17. The molecule has 6 heterocycles. The number of hydrogen-bond acceptors (Lipinski definition) is 10. The molecule has 1 aliphatic rings. The standard InChI is InChI=1S/C34H31N11/c1-22-4-9-27(39-20-22)28-10-11-29-34(41-28)45(33(42-29)26-3-2-15-38-32(26)36)25-7-5-23(6-8-25)21-44-17-13-24(14-18-44)40-30-12-16-37-31(19-35)43-30/h2-12,15-16,20,24H,13-14,17-18,21H2,1H3,(H2,36,38)(H,37,40,43). The molecule has 1 fully saturated rings. The quantitative estimate of drug-likeness (QED) is 0.254. The number of aryl methyl sites for hydroxylation is 1. The molecule has 222 valence electrons. The summed E-state index contributed by atoms with van der Waals surface area (Å²) in [6.45, 7) is 4.80. The van der Waals surface area contributed by atoms with Crippen LogP contribution < -0.4 is 11.1 Å². The van der Waals surface area contributed by atoms with Crippen molar-refractivity contribution in [3.8, 4) is 34.5 Å². The van der Waals surface area contributed by atoms with Crippen LogP contribution in [-0.4, -0.2) is 58.5 Å². The molecule has 1 aliphatic heterocycles. The Morgan fingerprint density at radius 2 is 1.71 bits per heavy atom. The molecule has 1 saturated heterocycles. The van der Waals surface area contributed by atoms with Crippen molar-refractivity contribution in [3.05, 3.63) is 102 Å². The highest BCUT2D eigenvalue weighted by molar-refractivity contribution is 5.84. The zero-order valence-electron chi connectivity index (χ0n) is 24.8. The topological polar surface area (TPSA) is 147 Å². The van der Waals surface area contributed by atoms with Crippen molar-refractivity contribution in [3.63, 3.8) is 0 Å². The Hall–Kier alpha value is -5.73. The SMILES string of the molecule is Cc1ccc(-c2ccc3nc(-c4cccnc4N)n(-c4ccc(CN5CCC(Nc6ccnc(C#N)n6)CC5)cc4)c3n2)nc1. The van der Waals surface area contributed by atoms with E-state index in [1.54, 1.807) is 12.4 Å². The van der Waals surface area contributed by atoms with Gasteiger partial charge < -0.3 is 11.1 Å². The number of imidazole rings is 1. The van der Waals surface area contributed by atoms with Crippen LogP contribution in [0.2, 0.25) is 0 Å². The normalized spacial score (nSPS) is 14.0. The molecule has 1 aromatic carbocycles. The maximum absolute atomic E-state index is 9.07. The first-order valence-electron chi connectivity index (χ1n) is 14.9. The fourth-order valence-electron chi connectivity index (χ4n) is 5.70. The van der Waals surface area contributed by atoms with Crippen LogP contribution in [0.5, 0.6) is 0 Å². The van der Waals surface area contributed by atoms with Gasteiger partial charge in [-0.15, -0.1) is 0 Å². The number of fused-ring (bicyclic) bond motifs is 1. The number of aromatic nitrogens is 7. The third-order valence-electron chi connectivity index (χ3n) is 8.05. The molecule has 45 heavy (non-hydrogen) atoms. The highest BCUT2D eigenvalue weighted by Gasteiger charge is 2.21. The van der Waals surface area contributed by atoms with E-state index in [1.165, 1.54) is 5.56 Å². The molecule has 0 saturated carbocycles. The smallest absolute Gasteiger partial charge is 0.234 e. The summed E-state index contributed by atoms with van der Waals surface area (Å²) in [7, 11) is 0. The molecule has 6 aromatic rings. The van der Waals surface area contributed by atoms with Crippen molar-refractivity contribution < 1.29 is 0 Å². The van der Waals surface area contributed by atoms with E-state index in [-0.39, 0.29) is 5.82 Å². The van der Waals surface area contributed by atoms with Crippen LogP contribution >= 0.6 is 0 Å². The number of likely N-dealkylation sites (tertiary alicyclic amines) is 1. The van der Waals surface area contributed by atoms with Gasteiger partial charge in [0, 0.05) is 50.0 Å². The van der Waals surface area contributed by atoms with Crippen LogP contribution in [0.3, 0.4) is 0 Å². The fraction of sp³-hybridized carbons (Fsp3) is 0.206. The highest BCUT2D eigenvalue weighted by Crippen LogP contribution is 2.31. The zero-order valence-corrected chi connectivity index (χ0v) is 24.8. The van der Waals surface area contributed by atoms with Gasteiger partial charge in [-0.25, -0.2) is 24.9 Å². The number of pyridine rings is 3. The van der Waals surface area contributed by atoms with E-state index in [4.69, 9.17) is 21.0 Å². The lowest BCUT2D eigenvalue weighted by Crippen LogP contribution is -2.38. The van der Waals surface area contributed by atoms with Gasteiger partial charge in [0.2, 0.25) is 5.82 Å². The molecule has 0 radical (unpaired) electrons. The summed E-state index contributed by atoms with van der Waals surface area (Å²) in [6, 6.07) is 24.4. The van der Waals surface area contributed by atoms with Gasteiger partial charge in [0.25, 0.3) is 0 Å². The van der Waals surface area contributed by atoms with Gasteiger partial charge >= 0.3 is 0 Å². The monoisotopic (exact) mass is 593 g/mol. The number of piperidine rings is 1. The first kappa shape index (κ1) is 28.1. The molecular formula is C34H31N11. The van der Waals surface area contributed by atoms with Crippen molar-refractivity contribution >= 4 is 22.8 Å². The lowest BCUT2D eigenvalue weighted by atomic mass is 10.0. The summed E-state index contributed by atoms with van der Waals surface area (Å²) >= 11 is 0. The van der Waals surface area contributed by atoms with Gasteiger partial charge in [-0.1, -0.05) is 18.2 Å². The Kier molecular flexibility index (Phi) is 7.55. The number of nitrogens with one attached hydrogen (secondary N) is 1. The number of nitriles is 1. The van der Waals surface area contributed by atoms with E-state index in [1.807, 2.05) is 66.2 Å². The fourth-order valence-corrected chi connectivity index (χ4v) is 5.70. The minimum Gasteiger partial charge on any atom is -0.383 e. The van der Waals surface area contributed by atoms with Crippen LogP contribution in [0.4, 0.5) is 11.6 Å². The average molecular weight is 594 g/mol. The summed E-state index contributed by atoms with van der Waals surface area (Å²) in [4.78, 5) is 29.6. The van der Waals surface area contributed by atoms with Crippen LogP contribution in [-0.2, 0) is 6.54 Å². The van der Waals surface area contributed by atoms with E-state index >= 15 is 0 Å². The second-order valence-electron chi connectivity index (χ2n) is 11.2. The van der Waals surface area contributed by atoms with E-state index < -0.39 is 0 Å². The first-order valence-corrected chi connectivity index (χ1v) is 14.9. The molecule has 11 heteroatoms. The molecule has 0 unspecified atom stereocenters. The Morgan fingerprint density at radius 3 is 2.47 bits per heavy atom. The number of anilines is 2. The van der Waals surface area contributed by atoms with E-state index in [0.29, 0.717) is 23.5 Å². The van der Waals surface area contributed by atoms with Crippen molar-refractivity contribution in [2.75, 3.05) is 24.1 Å². The van der Waals surface area contributed by atoms with E-state index in [0.717, 1.165) is 71.8 Å². The van der Waals surface area contributed by atoms with Crippen molar-refractivity contribution in [2.24, 2.45) is 0 Å². The number of benzene rings is 1. The minimum atomic E-state index is 0.181.